The number of sulfonamides is 1. The van der Waals surface area contributed by atoms with Crippen molar-refractivity contribution in [3.8, 4) is 6.07 Å². The van der Waals surface area contributed by atoms with Gasteiger partial charge in [0.1, 0.15) is 0 Å². The Balaban J connectivity index is 2.00. The summed E-state index contributed by atoms with van der Waals surface area (Å²) in [6.45, 7) is 3.20. The van der Waals surface area contributed by atoms with Crippen LogP contribution in [0, 0.1) is 25.2 Å². The zero-order valence-electron chi connectivity index (χ0n) is 13.3. The maximum atomic E-state index is 12.3. The number of hydrogen-bond donors (Lipinski definition) is 2. The predicted molar refractivity (Wildman–Crippen MR) is 90.9 cm³/mol. The zero-order valence-corrected chi connectivity index (χ0v) is 14.1. The van der Waals surface area contributed by atoms with Gasteiger partial charge >= 0.3 is 0 Å². The molecule has 0 saturated carbocycles. The van der Waals surface area contributed by atoms with Crippen molar-refractivity contribution in [1.82, 2.24) is 4.72 Å². The maximum absolute atomic E-state index is 12.3. The maximum Gasteiger partial charge on any atom is 0.241 e. The molecule has 0 atom stereocenters. The molecule has 0 radical (unpaired) electrons. The van der Waals surface area contributed by atoms with E-state index in [1.807, 2.05) is 13.0 Å². The molecule has 124 valence electrons. The minimum absolute atomic E-state index is 0.152. The standard InChI is InChI=1S/C17H17N3O3S/c1-12-3-8-16(13(2)9-12)24(22,23)19-11-17(21)20-15-6-4-14(10-18)5-7-15/h3-9,19H,11H2,1-2H3,(H,20,21). The summed E-state index contributed by atoms with van der Waals surface area (Å²) in [5.41, 5.74) is 2.55. The normalized spacial score (nSPS) is 10.9. The van der Waals surface area contributed by atoms with Gasteiger partial charge in [0.2, 0.25) is 15.9 Å². The number of amides is 1. The molecule has 7 heteroatoms. The van der Waals surface area contributed by atoms with Crippen molar-refractivity contribution in [3.05, 3.63) is 59.2 Å². The Kier molecular flexibility index (Phi) is 5.34. The highest BCUT2D eigenvalue weighted by Crippen LogP contribution is 2.16. The largest absolute Gasteiger partial charge is 0.325 e. The third-order valence-electron chi connectivity index (χ3n) is 3.34. The fraction of sp³-hybridized carbons (Fsp3) is 0.176. The van der Waals surface area contributed by atoms with Crippen LogP contribution >= 0.6 is 0 Å². The summed E-state index contributed by atoms with van der Waals surface area (Å²) in [5, 5.41) is 11.3. The van der Waals surface area contributed by atoms with Crippen LogP contribution in [-0.4, -0.2) is 20.9 Å². The van der Waals surface area contributed by atoms with Crippen LogP contribution in [0.5, 0.6) is 0 Å². The minimum atomic E-state index is -3.76. The van der Waals surface area contributed by atoms with Crippen molar-refractivity contribution in [1.29, 1.82) is 5.26 Å². The minimum Gasteiger partial charge on any atom is -0.325 e. The van der Waals surface area contributed by atoms with Crippen LogP contribution in [0.15, 0.2) is 47.4 Å². The molecule has 0 aromatic heterocycles. The van der Waals surface area contributed by atoms with E-state index in [-0.39, 0.29) is 11.4 Å². The molecule has 2 aromatic carbocycles. The Bertz CT molecular complexity index is 898. The predicted octanol–water partition coefficient (Wildman–Crippen LogP) is 2.09. The Morgan fingerprint density at radius 2 is 1.79 bits per heavy atom. The third-order valence-corrected chi connectivity index (χ3v) is 4.90. The van der Waals surface area contributed by atoms with Crippen LogP contribution in [-0.2, 0) is 14.8 Å². The number of rotatable bonds is 5. The smallest absolute Gasteiger partial charge is 0.241 e. The molecule has 0 fully saturated rings. The van der Waals surface area contributed by atoms with Crippen LogP contribution in [0.3, 0.4) is 0 Å². The van der Waals surface area contributed by atoms with Gasteiger partial charge in [-0.3, -0.25) is 4.79 Å². The van der Waals surface area contributed by atoms with E-state index >= 15 is 0 Å². The number of benzene rings is 2. The van der Waals surface area contributed by atoms with Crippen molar-refractivity contribution >= 4 is 21.6 Å². The Morgan fingerprint density at radius 1 is 1.12 bits per heavy atom. The molecule has 0 bridgehead atoms. The van der Waals surface area contributed by atoms with Gasteiger partial charge in [-0.25, -0.2) is 13.1 Å². The van der Waals surface area contributed by atoms with Crippen molar-refractivity contribution < 1.29 is 13.2 Å². The summed E-state index contributed by atoms with van der Waals surface area (Å²) in [7, 11) is -3.76. The lowest BCUT2D eigenvalue weighted by Gasteiger charge is -2.10. The average molecular weight is 343 g/mol. The van der Waals surface area contributed by atoms with Gasteiger partial charge in [-0.15, -0.1) is 0 Å². The number of carbonyl (C=O) groups is 1. The van der Waals surface area contributed by atoms with E-state index in [9.17, 15) is 13.2 Å². The molecule has 0 aliphatic carbocycles. The van der Waals surface area contributed by atoms with Gasteiger partial charge in [0.15, 0.2) is 0 Å². The third kappa shape index (κ3) is 4.41. The molecular formula is C17H17N3O3S. The lowest BCUT2D eigenvalue weighted by molar-refractivity contribution is -0.115. The van der Waals surface area contributed by atoms with E-state index in [1.165, 1.54) is 6.07 Å². The van der Waals surface area contributed by atoms with Crippen LogP contribution in [0.25, 0.3) is 0 Å². The fourth-order valence-corrected chi connectivity index (χ4v) is 3.38. The highest BCUT2D eigenvalue weighted by molar-refractivity contribution is 7.89. The number of aryl methyl sites for hydroxylation is 2. The van der Waals surface area contributed by atoms with E-state index in [0.29, 0.717) is 16.8 Å². The second kappa shape index (κ2) is 7.25. The molecule has 6 nitrogen and oxygen atoms in total. The number of carbonyl (C=O) groups excluding carboxylic acids is 1. The topological polar surface area (TPSA) is 99.1 Å². The molecule has 0 saturated heterocycles. The first kappa shape index (κ1) is 17.7. The highest BCUT2D eigenvalue weighted by atomic mass is 32.2. The van der Waals surface area contributed by atoms with Gasteiger partial charge in [-0.2, -0.15) is 5.26 Å². The lowest BCUT2D eigenvalue weighted by atomic mass is 10.2. The van der Waals surface area contributed by atoms with Gasteiger partial charge in [0, 0.05) is 5.69 Å². The second-order valence-electron chi connectivity index (χ2n) is 5.33. The SMILES string of the molecule is Cc1ccc(S(=O)(=O)NCC(=O)Nc2ccc(C#N)cc2)c(C)c1. The van der Waals surface area contributed by atoms with E-state index in [0.717, 1.165) is 5.56 Å². The molecule has 0 aliphatic rings. The van der Waals surface area contributed by atoms with Crippen molar-refractivity contribution in [2.75, 3.05) is 11.9 Å². The molecule has 2 aromatic rings. The Hall–Kier alpha value is -2.69. The van der Waals surface area contributed by atoms with E-state index < -0.39 is 15.9 Å². The summed E-state index contributed by atoms with van der Waals surface area (Å²) in [4.78, 5) is 12.0. The summed E-state index contributed by atoms with van der Waals surface area (Å²) in [5.74, 6) is -0.493. The number of anilines is 1. The molecule has 0 heterocycles. The highest BCUT2D eigenvalue weighted by Gasteiger charge is 2.17. The van der Waals surface area contributed by atoms with E-state index in [1.54, 1.807) is 43.3 Å². The summed E-state index contributed by atoms with van der Waals surface area (Å²) in [6.07, 6.45) is 0. The van der Waals surface area contributed by atoms with Crippen molar-refractivity contribution in [2.45, 2.75) is 18.7 Å². The van der Waals surface area contributed by atoms with Crippen LogP contribution in [0.1, 0.15) is 16.7 Å². The molecule has 0 aliphatic heterocycles. The summed E-state index contributed by atoms with van der Waals surface area (Å²) < 4.78 is 26.8. The molecule has 2 N–H and O–H groups in total. The van der Waals surface area contributed by atoms with Crippen molar-refractivity contribution in [3.63, 3.8) is 0 Å². The van der Waals surface area contributed by atoms with Gasteiger partial charge in [0.25, 0.3) is 0 Å². The monoisotopic (exact) mass is 343 g/mol. The number of nitriles is 1. The van der Waals surface area contributed by atoms with E-state index in [4.69, 9.17) is 5.26 Å². The van der Waals surface area contributed by atoms with Gasteiger partial charge < -0.3 is 5.32 Å². The van der Waals surface area contributed by atoms with Gasteiger partial charge in [-0.1, -0.05) is 17.7 Å². The molecular weight excluding hydrogens is 326 g/mol. The summed E-state index contributed by atoms with van der Waals surface area (Å²) in [6, 6.07) is 13.3. The zero-order chi connectivity index (χ0) is 17.7. The average Bonchev–Trinajstić information content (AvgIpc) is 2.53. The second-order valence-corrected chi connectivity index (χ2v) is 7.07. The lowest BCUT2D eigenvalue weighted by Crippen LogP contribution is -2.33. The van der Waals surface area contributed by atoms with Crippen LogP contribution in [0.4, 0.5) is 5.69 Å². The number of nitrogens with one attached hydrogen (secondary N) is 2. The van der Waals surface area contributed by atoms with Crippen LogP contribution < -0.4 is 10.0 Å². The first-order chi connectivity index (χ1) is 11.3. The molecule has 0 unspecified atom stereocenters. The molecule has 1 amide bonds. The molecule has 2 rings (SSSR count). The van der Waals surface area contributed by atoms with Crippen molar-refractivity contribution in [2.24, 2.45) is 0 Å². The Morgan fingerprint density at radius 3 is 2.38 bits per heavy atom. The fourth-order valence-electron chi connectivity index (χ4n) is 2.17. The van der Waals surface area contributed by atoms with Gasteiger partial charge in [-0.05, 0) is 49.7 Å². The number of hydrogen-bond acceptors (Lipinski definition) is 4. The first-order valence-electron chi connectivity index (χ1n) is 7.19. The summed E-state index contributed by atoms with van der Waals surface area (Å²) >= 11 is 0. The quantitative estimate of drug-likeness (QED) is 0.868. The molecule has 0 spiro atoms. The Labute approximate surface area is 141 Å². The first-order valence-corrected chi connectivity index (χ1v) is 8.67. The van der Waals surface area contributed by atoms with Crippen LogP contribution in [0.2, 0.25) is 0 Å². The van der Waals surface area contributed by atoms with Gasteiger partial charge in [0.05, 0.1) is 23.1 Å². The van der Waals surface area contributed by atoms with E-state index in [2.05, 4.69) is 10.0 Å². The molecule has 24 heavy (non-hydrogen) atoms. The number of nitrogens with zero attached hydrogens (tertiary/aromatic N) is 1.